The van der Waals surface area contributed by atoms with Gasteiger partial charge in [0.2, 0.25) is 0 Å². The molecule has 18 heavy (non-hydrogen) atoms. The molecule has 1 aromatic rings. The first-order chi connectivity index (χ1) is 8.64. The molecule has 2 rings (SSSR count). The lowest BCUT2D eigenvalue weighted by Crippen LogP contribution is -2.34. The molecule has 2 heteroatoms. The maximum atomic E-state index is 11.9. The summed E-state index contributed by atoms with van der Waals surface area (Å²) < 4.78 is 5.79. The fourth-order valence-corrected chi connectivity index (χ4v) is 2.58. The van der Waals surface area contributed by atoms with Crippen molar-refractivity contribution in [1.29, 1.82) is 0 Å². The Bertz CT molecular complexity index is 428. The van der Waals surface area contributed by atoms with Crippen LogP contribution in [-0.2, 0) is 15.1 Å². The summed E-state index contributed by atoms with van der Waals surface area (Å²) in [5, 5.41) is 0. The van der Waals surface area contributed by atoms with Crippen molar-refractivity contribution in [3.8, 4) is 0 Å². The van der Waals surface area contributed by atoms with Gasteiger partial charge in [-0.1, -0.05) is 43.3 Å². The summed E-state index contributed by atoms with van der Waals surface area (Å²) in [6, 6.07) is 10.1. The topological polar surface area (TPSA) is 26.3 Å². The minimum atomic E-state index is -0.435. The van der Waals surface area contributed by atoms with E-state index in [0.717, 1.165) is 31.2 Å². The highest BCUT2D eigenvalue weighted by Gasteiger charge is 2.37. The zero-order valence-electron chi connectivity index (χ0n) is 10.9. The Balaban J connectivity index is 2.29. The van der Waals surface area contributed by atoms with Gasteiger partial charge in [0, 0.05) is 5.57 Å². The zero-order chi connectivity index (χ0) is 13.0. The average Bonchev–Trinajstić information content (AvgIpc) is 2.40. The van der Waals surface area contributed by atoms with Crippen LogP contribution in [0.4, 0.5) is 0 Å². The Morgan fingerprint density at radius 2 is 1.78 bits per heavy atom. The number of carbonyl (C=O) groups excluding carboxylic acids is 1. The van der Waals surface area contributed by atoms with E-state index < -0.39 is 5.60 Å². The molecule has 0 aromatic heterocycles. The highest BCUT2D eigenvalue weighted by molar-refractivity contribution is 5.87. The second-order valence-corrected chi connectivity index (χ2v) is 5.09. The molecule has 1 aliphatic rings. The van der Waals surface area contributed by atoms with Gasteiger partial charge in [-0.05, 0) is 38.2 Å². The normalized spacial score (nSPS) is 18.1. The van der Waals surface area contributed by atoms with Crippen molar-refractivity contribution < 1.29 is 9.53 Å². The Labute approximate surface area is 109 Å². The molecule has 96 valence electrons. The number of carbonyl (C=O) groups is 1. The van der Waals surface area contributed by atoms with Crippen LogP contribution < -0.4 is 0 Å². The minimum absolute atomic E-state index is 0.277. The highest BCUT2D eigenvalue weighted by atomic mass is 16.6. The first-order valence-electron chi connectivity index (χ1n) is 6.58. The number of ether oxygens (including phenoxy) is 1. The van der Waals surface area contributed by atoms with E-state index in [9.17, 15) is 4.79 Å². The van der Waals surface area contributed by atoms with Gasteiger partial charge in [0.1, 0.15) is 5.60 Å². The molecule has 0 bridgehead atoms. The SMILES string of the molecule is C=C(C)C(=O)OC1(c2ccccc2)CCCCC1. The lowest BCUT2D eigenvalue weighted by atomic mass is 9.79. The smallest absolute Gasteiger partial charge is 0.333 e. The van der Waals surface area contributed by atoms with E-state index in [2.05, 4.69) is 18.7 Å². The van der Waals surface area contributed by atoms with Crippen LogP contribution in [0.1, 0.15) is 44.6 Å². The summed E-state index contributed by atoms with van der Waals surface area (Å²) in [6.07, 6.45) is 5.27. The lowest BCUT2D eigenvalue weighted by Gasteiger charge is -2.37. The van der Waals surface area contributed by atoms with Gasteiger partial charge in [0.15, 0.2) is 0 Å². The number of hydrogen-bond acceptors (Lipinski definition) is 2. The van der Waals surface area contributed by atoms with Crippen LogP contribution >= 0.6 is 0 Å². The number of rotatable bonds is 3. The van der Waals surface area contributed by atoms with Crippen molar-refractivity contribution in [1.82, 2.24) is 0 Å². The van der Waals surface area contributed by atoms with Crippen molar-refractivity contribution >= 4 is 5.97 Å². The molecule has 1 aromatic carbocycles. The largest absolute Gasteiger partial charge is 0.451 e. The van der Waals surface area contributed by atoms with Crippen LogP contribution in [0.15, 0.2) is 42.5 Å². The van der Waals surface area contributed by atoms with Crippen molar-refractivity contribution in [2.75, 3.05) is 0 Å². The van der Waals surface area contributed by atoms with Gasteiger partial charge in [0.25, 0.3) is 0 Å². The summed E-state index contributed by atoms with van der Waals surface area (Å²) in [6.45, 7) is 5.37. The third-order valence-corrected chi connectivity index (χ3v) is 3.60. The molecule has 1 fully saturated rings. The molecule has 0 atom stereocenters. The molecule has 1 saturated carbocycles. The monoisotopic (exact) mass is 244 g/mol. The first-order valence-corrected chi connectivity index (χ1v) is 6.58. The van der Waals surface area contributed by atoms with Crippen molar-refractivity contribution in [2.45, 2.75) is 44.6 Å². The Morgan fingerprint density at radius 3 is 2.33 bits per heavy atom. The lowest BCUT2D eigenvalue weighted by molar-refractivity contribution is -0.160. The van der Waals surface area contributed by atoms with Crippen LogP contribution in [0, 0.1) is 0 Å². The number of hydrogen-bond donors (Lipinski definition) is 0. The van der Waals surface area contributed by atoms with E-state index in [0.29, 0.717) is 5.57 Å². The molecule has 2 nitrogen and oxygen atoms in total. The van der Waals surface area contributed by atoms with E-state index in [-0.39, 0.29) is 5.97 Å². The van der Waals surface area contributed by atoms with Crippen LogP contribution in [0.3, 0.4) is 0 Å². The molecule has 0 amide bonds. The minimum Gasteiger partial charge on any atom is -0.451 e. The van der Waals surface area contributed by atoms with Crippen molar-refractivity contribution in [3.63, 3.8) is 0 Å². The van der Waals surface area contributed by atoms with E-state index in [1.807, 2.05) is 18.2 Å². The predicted octanol–water partition coefficient (Wildman–Crippen LogP) is 3.97. The molecule has 0 N–H and O–H groups in total. The van der Waals surface area contributed by atoms with Gasteiger partial charge >= 0.3 is 5.97 Å². The third-order valence-electron chi connectivity index (χ3n) is 3.60. The Hall–Kier alpha value is -1.57. The molecule has 0 saturated heterocycles. The van der Waals surface area contributed by atoms with Gasteiger partial charge in [-0.3, -0.25) is 0 Å². The molecule has 0 aliphatic heterocycles. The van der Waals surface area contributed by atoms with Gasteiger partial charge in [-0.15, -0.1) is 0 Å². The van der Waals surface area contributed by atoms with Crippen molar-refractivity contribution in [3.05, 3.63) is 48.0 Å². The van der Waals surface area contributed by atoms with Crippen LogP contribution in [0.5, 0.6) is 0 Å². The van der Waals surface area contributed by atoms with Crippen molar-refractivity contribution in [2.24, 2.45) is 0 Å². The van der Waals surface area contributed by atoms with Gasteiger partial charge < -0.3 is 4.74 Å². The molecule has 0 unspecified atom stereocenters. The summed E-state index contributed by atoms with van der Waals surface area (Å²) in [4.78, 5) is 11.9. The van der Waals surface area contributed by atoms with Crippen LogP contribution in [0.25, 0.3) is 0 Å². The van der Waals surface area contributed by atoms with E-state index in [4.69, 9.17) is 4.74 Å². The summed E-state index contributed by atoms with van der Waals surface area (Å²) in [7, 11) is 0. The molecule has 0 spiro atoms. The molecule has 0 radical (unpaired) electrons. The molecule has 1 aliphatic carbocycles. The predicted molar refractivity (Wildman–Crippen MR) is 72.1 cm³/mol. The first kappa shape index (κ1) is 12.9. The van der Waals surface area contributed by atoms with Crippen LogP contribution in [-0.4, -0.2) is 5.97 Å². The standard InChI is InChI=1S/C16H20O2/c1-13(2)15(17)18-16(11-7-4-8-12-16)14-9-5-3-6-10-14/h3,5-6,9-10H,1,4,7-8,11-12H2,2H3. The zero-order valence-corrected chi connectivity index (χ0v) is 10.9. The number of benzene rings is 1. The summed E-state index contributed by atoms with van der Waals surface area (Å²) in [5.41, 5.74) is 1.14. The maximum absolute atomic E-state index is 11.9. The van der Waals surface area contributed by atoms with Crippen LogP contribution in [0.2, 0.25) is 0 Å². The summed E-state index contributed by atoms with van der Waals surface area (Å²) >= 11 is 0. The quantitative estimate of drug-likeness (QED) is 0.594. The van der Waals surface area contributed by atoms with Gasteiger partial charge in [0.05, 0.1) is 0 Å². The third kappa shape index (κ3) is 2.63. The average molecular weight is 244 g/mol. The fourth-order valence-electron chi connectivity index (χ4n) is 2.58. The van der Waals surface area contributed by atoms with E-state index in [1.54, 1.807) is 6.92 Å². The second kappa shape index (κ2) is 5.38. The fraction of sp³-hybridized carbons (Fsp3) is 0.438. The second-order valence-electron chi connectivity index (χ2n) is 5.09. The molecule has 0 heterocycles. The van der Waals surface area contributed by atoms with E-state index >= 15 is 0 Å². The maximum Gasteiger partial charge on any atom is 0.333 e. The highest BCUT2D eigenvalue weighted by Crippen LogP contribution is 2.40. The Kier molecular flexibility index (Phi) is 3.85. The number of esters is 1. The van der Waals surface area contributed by atoms with E-state index in [1.165, 1.54) is 6.42 Å². The van der Waals surface area contributed by atoms with Gasteiger partial charge in [-0.25, -0.2) is 4.79 Å². The summed E-state index contributed by atoms with van der Waals surface area (Å²) in [5.74, 6) is -0.277. The Morgan fingerprint density at radius 1 is 1.17 bits per heavy atom. The molecular formula is C16H20O2. The van der Waals surface area contributed by atoms with Gasteiger partial charge in [-0.2, -0.15) is 0 Å². The molecular weight excluding hydrogens is 224 g/mol.